The first kappa shape index (κ1) is 13.8. The average Bonchev–Trinajstić information content (AvgIpc) is 2.89. The van der Waals surface area contributed by atoms with E-state index in [0.717, 1.165) is 35.1 Å². The topological polar surface area (TPSA) is 68.1 Å². The van der Waals surface area contributed by atoms with Gasteiger partial charge in [-0.3, -0.25) is 10.1 Å². The molecule has 21 heavy (non-hydrogen) atoms. The first-order valence-electron chi connectivity index (χ1n) is 7.42. The van der Waals surface area contributed by atoms with Crippen molar-refractivity contribution in [3.05, 3.63) is 40.4 Å². The fourth-order valence-corrected chi connectivity index (χ4v) is 3.09. The maximum absolute atomic E-state index is 10.8. The standard InChI is InChI=1S/C16H19N3O2/c1-11-3-2-4-13(11)10-17-16-8-5-12-9-14(19(20)21)6-7-15(12)18-16/h5-9,11,13H,2-4,10H2,1H3,(H,17,18). The minimum Gasteiger partial charge on any atom is -0.370 e. The van der Waals surface area contributed by atoms with Crippen LogP contribution in [0.1, 0.15) is 26.2 Å². The highest BCUT2D eigenvalue weighted by atomic mass is 16.6. The molecule has 0 saturated heterocycles. The Morgan fingerprint density at radius 3 is 2.90 bits per heavy atom. The number of nitro groups is 1. The Balaban J connectivity index is 1.75. The molecule has 110 valence electrons. The van der Waals surface area contributed by atoms with Crippen molar-refractivity contribution < 1.29 is 4.92 Å². The fourth-order valence-electron chi connectivity index (χ4n) is 3.09. The molecular formula is C16H19N3O2. The number of nitrogens with zero attached hydrogens (tertiary/aromatic N) is 2. The molecule has 1 aliphatic rings. The molecule has 2 unspecified atom stereocenters. The Labute approximate surface area is 123 Å². The lowest BCUT2D eigenvalue weighted by Gasteiger charge is -2.16. The smallest absolute Gasteiger partial charge is 0.270 e. The average molecular weight is 285 g/mol. The van der Waals surface area contributed by atoms with Crippen LogP contribution in [0.25, 0.3) is 10.9 Å². The molecule has 1 aromatic heterocycles. The number of aromatic nitrogens is 1. The molecule has 2 aromatic rings. The normalized spacial score (nSPS) is 21.6. The lowest BCUT2D eigenvalue weighted by Crippen LogP contribution is -2.16. The van der Waals surface area contributed by atoms with Gasteiger partial charge in [-0.05, 0) is 36.5 Å². The molecule has 0 bridgehead atoms. The van der Waals surface area contributed by atoms with Gasteiger partial charge in [-0.2, -0.15) is 0 Å². The predicted octanol–water partition coefficient (Wildman–Crippen LogP) is 3.99. The summed E-state index contributed by atoms with van der Waals surface area (Å²) in [6, 6.07) is 8.54. The molecule has 0 amide bonds. The van der Waals surface area contributed by atoms with Crippen LogP contribution in [0.3, 0.4) is 0 Å². The number of hydrogen-bond acceptors (Lipinski definition) is 4. The third-order valence-electron chi connectivity index (χ3n) is 4.47. The Morgan fingerprint density at radius 2 is 2.19 bits per heavy atom. The third kappa shape index (κ3) is 2.96. The molecule has 1 fully saturated rings. The van der Waals surface area contributed by atoms with Gasteiger partial charge >= 0.3 is 0 Å². The van der Waals surface area contributed by atoms with E-state index in [0.29, 0.717) is 0 Å². The van der Waals surface area contributed by atoms with Crippen molar-refractivity contribution in [3.63, 3.8) is 0 Å². The molecule has 1 saturated carbocycles. The number of anilines is 1. The number of nitro benzene ring substituents is 1. The Bertz CT molecular complexity index is 672. The quantitative estimate of drug-likeness (QED) is 0.681. The van der Waals surface area contributed by atoms with Gasteiger partial charge in [-0.25, -0.2) is 4.98 Å². The lowest BCUT2D eigenvalue weighted by atomic mass is 9.98. The number of nitrogens with one attached hydrogen (secondary N) is 1. The van der Waals surface area contributed by atoms with Crippen LogP contribution >= 0.6 is 0 Å². The minimum atomic E-state index is -0.382. The molecule has 0 aliphatic heterocycles. The molecule has 1 aliphatic carbocycles. The molecular weight excluding hydrogens is 266 g/mol. The van der Waals surface area contributed by atoms with E-state index >= 15 is 0 Å². The summed E-state index contributed by atoms with van der Waals surface area (Å²) in [6.45, 7) is 3.26. The SMILES string of the molecule is CC1CCCC1CNc1ccc2cc([N+](=O)[O-])ccc2n1. The van der Waals surface area contributed by atoms with Crippen LogP contribution in [0.2, 0.25) is 0 Å². The molecule has 2 atom stereocenters. The van der Waals surface area contributed by atoms with Crippen molar-refractivity contribution in [1.29, 1.82) is 0 Å². The van der Waals surface area contributed by atoms with Crippen LogP contribution < -0.4 is 5.32 Å². The van der Waals surface area contributed by atoms with Crippen molar-refractivity contribution in [2.24, 2.45) is 11.8 Å². The van der Waals surface area contributed by atoms with E-state index in [1.54, 1.807) is 12.1 Å². The van der Waals surface area contributed by atoms with E-state index in [4.69, 9.17) is 0 Å². The van der Waals surface area contributed by atoms with Crippen LogP contribution in [0.5, 0.6) is 0 Å². The second-order valence-corrected chi connectivity index (χ2v) is 5.88. The van der Waals surface area contributed by atoms with E-state index in [1.165, 1.54) is 25.3 Å². The Hall–Kier alpha value is -2.17. The van der Waals surface area contributed by atoms with E-state index in [9.17, 15) is 10.1 Å². The molecule has 1 N–H and O–H groups in total. The number of benzene rings is 1. The van der Waals surface area contributed by atoms with Crippen molar-refractivity contribution >= 4 is 22.4 Å². The second kappa shape index (κ2) is 5.68. The number of hydrogen-bond donors (Lipinski definition) is 1. The summed E-state index contributed by atoms with van der Waals surface area (Å²) in [5.41, 5.74) is 0.884. The maximum atomic E-state index is 10.8. The maximum Gasteiger partial charge on any atom is 0.270 e. The summed E-state index contributed by atoms with van der Waals surface area (Å²) < 4.78 is 0. The molecule has 5 nitrogen and oxygen atoms in total. The summed E-state index contributed by atoms with van der Waals surface area (Å²) in [7, 11) is 0. The molecule has 3 rings (SSSR count). The van der Waals surface area contributed by atoms with E-state index in [1.807, 2.05) is 12.1 Å². The van der Waals surface area contributed by atoms with Gasteiger partial charge in [-0.1, -0.05) is 19.8 Å². The Kier molecular flexibility index (Phi) is 3.73. The largest absolute Gasteiger partial charge is 0.370 e. The van der Waals surface area contributed by atoms with Gasteiger partial charge in [0.05, 0.1) is 10.4 Å². The zero-order valence-corrected chi connectivity index (χ0v) is 12.1. The monoisotopic (exact) mass is 285 g/mol. The van der Waals surface area contributed by atoms with Gasteiger partial charge in [0.2, 0.25) is 0 Å². The van der Waals surface area contributed by atoms with Crippen molar-refractivity contribution in [3.8, 4) is 0 Å². The fraction of sp³-hybridized carbons (Fsp3) is 0.438. The summed E-state index contributed by atoms with van der Waals surface area (Å²) in [4.78, 5) is 14.9. The molecule has 0 radical (unpaired) electrons. The second-order valence-electron chi connectivity index (χ2n) is 5.88. The van der Waals surface area contributed by atoms with Gasteiger partial charge in [0, 0.05) is 24.1 Å². The van der Waals surface area contributed by atoms with E-state index in [-0.39, 0.29) is 10.6 Å². The van der Waals surface area contributed by atoms with Crippen LogP contribution in [0.4, 0.5) is 11.5 Å². The van der Waals surface area contributed by atoms with Crippen LogP contribution in [0, 0.1) is 22.0 Å². The highest BCUT2D eigenvalue weighted by molar-refractivity contribution is 5.82. The Morgan fingerprint density at radius 1 is 1.33 bits per heavy atom. The van der Waals surface area contributed by atoms with E-state index < -0.39 is 0 Å². The third-order valence-corrected chi connectivity index (χ3v) is 4.47. The van der Waals surface area contributed by atoms with Gasteiger partial charge < -0.3 is 5.32 Å². The van der Waals surface area contributed by atoms with Gasteiger partial charge in [0.1, 0.15) is 5.82 Å². The molecule has 0 spiro atoms. The van der Waals surface area contributed by atoms with Gasteiger partial charge in [-0.15, -0.1) is 0 Å². The summed E-state index contributed by atoms with van der Waals surface area (Å²) in [5, 5.41) is 15.0. The zero-order valence-electron chi connectivity index (χ0n) is 12.1. The van der Waals surface area contributed by atoms with Crippen molar-refractivity contribution in [2.45, 2.75) is 26.2 Å². The number of fused-ring (bicyclic) bond motifs is 1. The predicted molar refractivity (Wildman–Crippen MR) is 83.4 cm³/mol. The first-order valence-corrected chi connectivity index (χ1v) is 7.42. The van der Waals surface area contributed by atoms with Gasteiger partial charge in [0.25, 0.3) is 5.69 Å². The highest BCUT2D eigenvalue weighted by Crippen LogP contribution is 2.31. The van der Waals surface area contributed by atoms with Crippen molar-refractivity contribution in [1.82, 2.24) is 4.98 Å². The lowest BCUT2D eigenvalue weighted by molar-refractivity contribution is -0.384. The van der Waals surface area contributed by atoms with Crippen LogP contribution in [-0.4, -0.2) is 16.5 Å². The number of rotatable bonds is 4. The highest BCUT2D eigenvalue weighted by Gasteiger charge is 2.22. The molecule has 1 aromatic carbocycles. The molecule has 1 heterocycles. The van der Waals surface area contributed by atoms with E-state index in [2.05, 4.69) is 17.2 Å². The summed E-state index contributed by atoms with van der Waals surface area (Å²) in [6.07, 6.45) is 3.93. The number of pyridine rings is 1. The van der Waals surface area contributed by atoms with Crippen LogP contribution in [0.15, 0.2) is 30.3 Å². The minimum absolute atomic E-state index is 0.102. The molecule has 5 heteroatoms. The van der Waals surface area contributed by atoms with Crippen LogP contribution in [-0.2, 0) is 0 Å². The zero-order chi connectivity index (χ0) is 14.8. The van der Waals surface area contributed by atoms with Crippen molar-refractivity contribution in [2.75, 3.05) is 11.9 Å². The van der Waals surface area contributed by atoms with Gasteiger partial charge in [0.15, 0.2) is 0 Å². The number of non-ortho nitro benzene ring substituents is 1. The first-order chi connectivity index (χ1) is 10.1. The summed E-state index contributed by atoms with van der Waals surface area (Å²) in [5.74, 6) is 2.34. The summed E-state index contributed by atoms with van der Waals surface area (Å²) >= 11 is 0.